The van der Waals surface area contributed by atoms with E-state index >= 15 is 0 Å². The molecule has 124 valence electrons. The molecule has 2 N–H and O–H groups in total. The van der Waals surface area contributed by atoms with E-state index in [0.717, 1.165) is 17.7 Å². The van der Waals surface area contributed by atoms with E-state index in [2.05, 4.69) is 5.32 Å². The zero-order chi connectivity index (χ0) is 17.1. The molecule has 0 aliphatic heterocycles. The van der Waals surface area contributed by atoms with Crippen molar-refractivity contribution in [2.24, 2.45) is 0 Å². The Morgan fingerprint density at radius 3 is 2.48 bits per heavy atom. The predicted molar refractivity (Wildman–Crippen MR) is 86.7 cm³/mol. The van der Waals surface area contributed by atoms with Crippen molar-refractivity contribution < 1.29 is 18.7 Å². The molecule has 0 bridgehead atoms. The highest BCUT2D eigenvalue weighted by atomic mass is 32.1. The van der Waals surface area contributed by atoms with Gasteiger partial charge in [-0.05, 0) is 47.5 Å². The van der Waals surface area contributed by atoms with E-state index < -0.39 is 23.8 Å². The lowest BCUT2D eigenvalue weighted by atomic mass is 10.0. The number of thiophene rings is 1. The lowest BCUT2D eigenvalue weighted by molar-refractivity contribution is 0.0854. The van der Waals surface area contributed by atoms with Gasteiger partial charge in [0.15, 0.2) is 11.6 Å². The molecule has 6 heteroatoms. The van der Waals surface area contributed by atoms with Gasteiger partial charge < -0.3 is 10.4 Å². The maximum absolute atomic E-state index is 13.3. The van der Waals surface area contributed by atoms with Crippen LogP contribution in [0.25, 0.3) is 0 Å². The van der Waals surface area contributed by atoms with Crippen molar-refractivity contribution in [1.29, 1.82) is 0 Å². The molecule has 0 fully saturated rings. The highest BCUT2D eigenvalue weighted by molar-refractivity contribution is 7.12. The minimum absolute atomic E-state index is 0.215. The summed E-state index contributed by atoms with van der Waals surface area (Å²) in [7, 11) is 0. The Morgan fingerprint density at radius 1 is 1.17 bits per heavy atom. The summed E-state index contributed by atoms with van der Waals surface area (Å²) in [5.74, 6) is -2.07. The molecule has 3 nitrogen and oxygen atoms in total. The number of hydrogen-bond donors (Lipinski definition) is 2. The topological polar surface area (TPSA) is 49.3 Å². The molecule has 0 saturated heterocycles. The number of aliphatic hydroxyl groups excluding tert-OH is 1. The number of carbonyl (C=O) groups is 1. The van der Waals surface area contributed by atoms with E-state index in [4.69, 9.17) is 0 Å². The number of benzene rings is 1. The van der Waals surface area contributed by atoms with Crippen LogP contribution in [0.2, 0.25) is 0 Å². The first-order valence-corrected chi connectivity index (χ1v) is 8.20. The second-order valence-corrected chi connectivity index (χ2v) is 6.66. The largest absolute Gasteiger partial charge is 0.386 e. The first kappa shape index (κ1) is 17.6. The first-order valence-electron chi connectivity index (χ1n) is 7.32. The normalized spacial score (nSPS) is 13.9. The van der Waals surface area contributed by atoms with Gasteiger partial charge in [0.1, 0.15) is 0 Å². The van der Waals surface area contributed by atoms with Crippen LogP contribution in [0.3, 0.4) is 0 Å². The van der Waals surface area contributed by atoms with Crippen LogP contribution in [-0.4, -0.2) is 17.1 Å². The molecular weight excluding hydrogens is 320 g/mol. The molecule has 2 aromatic rings. The zero-order valence-electron chi connectivity index (χ0n) is 13.1. The van der Waals surface area contributed by atoms with Crippen LogP contribution in [0.1, 0.15) is 53.6 Å². The SMILES string of the molecule is CC(C)c1ccsc1C(=O)NC(C)C(O)c1ccc(F)c(F)c1. The van der Waals surface area contributed by atoms with Crippen molar-refractivity contribution in [3.63, 3.8) is 0 Å². The van der Waals surface area contributed by atoms with Gasteiger partial charge in [-0.25, -0.2) is 8.78 Å². The van der Waals surface area contributed by atoms with E-state index in [0.29, 0.717) is 4.88 Å². The number of aliphatic hydroxyl groups is 1. The molecule has 23 heavy (non-hydrogen) atoms. The molecule has 2 unspecified atom stereocenters. The second-order valence-electron chi connectivity index (χ2n) is 5.74. The minimum Gasteiger partial charge on any atom is -0.386 e. The number of hydrogen-bond acceptors (Lipinski definition) is 3. The van der Waals surface area contributed by atoms with Crippen LogP contribution in [0.15, 0.2) is 29.6 Å². The third-order valence-electron chi connectivity index (χ3n) is 3.64. The summed E-state index contributed by atoms with van der Waals surface area (Å²) in [6.07, 6.45) is -1.13. The quantitative estimate of drug-likeness (QED) is 0.865. The zero-order valence-corrected chi connectivity index (χ0v) is 14.0. The van der Waals surface area contributed by atoms with Gasteiger partial charge in [0, 0.05) is 0 Å². The third kappa shape index (κ3) is 3.95. The molecule has 1 amide bonds. The summed E-state index contributed by atoms with van der Waals surface area (Å²) in [6, 6.07) is 4.46. The molecular formula is C17H19F2NO2S. The fraction of sp³-hybridized carbons (Fsp3) is 0.353. The lowest BCUT2D eigenvalue weighted by Crippen LogP contribution is -2.37. The summed E-state index contributed by atoms with van der Waals surface area (Å²) in [6.45, 7) is 5.61. The van der Waals surface area contributed by atoms with Gasteiger partial charge in [-0.3, -0.25) is 4.79 Å². The third-order valence-corrected chi connectivity index (χ3v) is 4.57. The standard InChI is InChI=1S/C17H19F2NO2S/c1-9(2)12-6-7-23-16(12)17(22)20-10(3)15(21)11-4-5-13(18)14(19)8-11/h4-10,15,21H,1-3H3,(H,20,22). The average Bonchev–Trinajstić information content (AvgIpc) is 2.99. The van der Waals surface area contributed by atoms with E-state index in [1.165, 1.54) is 17.4 Å². The Kier molecular flexibility index (Phi) is 5.49. The smallest absolute Gasteiger partial charge is 0.261 e. The van der Waals surface area contributed by atoms with Gasteiger partial charge in [-0.1, -0.05) is 19.9 Å². The summed E-state index contributed by atoms with van der Waals surface area (Å²) >= 11 is 1.34. The number of amides is 1. The number of rotatable bonds is 5. The van der Waals surface area contributed by atoms with Crippen LogP contribution < -0.4 is 5.32 Å². The van der Waals surface area contributed by atoms with Crippen LogP contribution in [0, 0.1) is 11.6 Å². The van der Waals surface area contributed by atoms with Gasteiger partial charge in [-0.2, -0.15) is 0 Å². The van der Waals surface area contributed by atoms with E-state index in [1.54, 1.807) is 6.92 Å². The van der Waals surface area contributed by atoms with Crippen molar-refractivity contribution in [1.82, 2.24) is 5.32 Å². The summed E-state index contributed by atoms with van der Waals surface area (Å²) in [5, 5.41) is 14.8. The monoisotopic (exact) mass is 339 g/mol. The van der Waals surface area contributed by atoms with Crippen LogP contribution in [0.5, 0.6) is 0 Å². The molecule has 0 aliphatic rings. The number of nitrogens with one attached hydrogen (secondary N) is 1. The maximum Gasteiger partial charge on any atom is 0.261 e. The first-order chi connectivity index (χ1) is 10.8. The van der Waals surface area contributed by atoms with Crippen molar-refractivity contribution in [2.75, 3.05) is 0 Å². The Morgan fingerprint density at radius 2 is 1.87 bits per heavy atom. The molecule has 0 radical (unpaired) electrons. The van der Waals surface area contributed by atoms with Crippen molar-refractivity contribution >= 4 is 17.2 Å². The molecule has 0 saturated carbocycles. The predicted octanol–water partition coefficient (Wildman–Crippen LogP) is 4.00. The minimum atomic E-state index is -1.13. The fourth-order valence-electron chi connectivity index (χ4n) is 2.29. The van der Waals surface area contributed by atoms with Gasteiger partial charge in [0.2, 0.25) is 0 Å². The van der Waals surface area contributed by atoms with Gasteiger partial charge >= 0.3 is 0 Å². The Labute approximate surface area is 138 Å². The fourth-order valence-corrected chi connectivity index (χ4v) is 3.25. The summed E-state index contributed by atoms with van der Waals surface area (Å²) in [5.41, 5.74) is 1.16. The van der Waals surface area contributed by atoms with Crippen LogP contribution in [-0.2, 0) is 0 Å². The summed E-state index contributed by atoms with van der Waals surface area (Å²) in [4.78, 5) is 13.0. The molecule has 0 aliphatic carbocycles. The van der Waals surface area contributed by atoms with Gasteiger partial charge in [0.25, 0.3) is 5.91 Å². The molecule has 0 spiro atoms. The molecule has 1 aromatic heterocycles. The summed E-state index contributed by atoms with van der Waals surface area (Å²) < 4.78 is 26.2. The highest BCUT2D eigenvalue weighted by Crippen LogP contribution is 2.25. The van der Waals surface area contributed by atoms with Gasteiger partial charge in [-0.15, -0.1) is 11.3 Å². The van der Waals surface area contributed by atoms with Crippen LogP contribution >= 0.6 is 11.3 Å². The van der Waals surface area contributed by atoms with Gasteiger partial charge in [0.05, 0.1) is 17.0 Å². The molecule has 1 aromatic carbocycles. The number of halogens is 2. The molecule has 1 heterocycles. The van der Waals surface area contributed by atoms with Crippen molar-refractivity contribution in [3.8, 4) is 0 Å². The maximum atomic E-state index is 13.3. The van der Waals surface area contributed by atoms with E-state index in [9.17, 15) is 18.7 Å². The molecule has 2 rings (SSSR count). The highest BCUT2D eigenvalue weighted by Gasteiger charge is 2.22. The lowest BCUT2D eigenvalue weighted by Gasteiger charge is -2.21. The van der Waals surface area contributed by atoms with E-state index in [-0.39, 0.29) is 17.4 Å². The average molecular weight is 339 g/mol. The Bertz CT molecular complexity index is 700. The van der Waals surface area contributed by atoms with E-state index in [1.807, 2.05) is 25.3 Å². The second kappa shape index (κ2) is 7.19. The van der Waals surface area contributed by atoms with Crippen molar-refractivity contribution in [3.05, 3.63) is 57.3 Å². The van der Waals surface area contributed by atoms with Crippen LogP contribution in [0.4, 0.5) is 8.78 Å². The molecule has 2 atom stereocenters. The Balaban J connectivity index is 2.11. The Hall–Kier alpha value is -1.79. The van der Waals surface area contributed by atoms with Crippen molar-refractivity contribution in [2.45, 2.75) is 38.8 Å². The number of carbonyl (C=O) groups excluding carboxylic acids is 1.